The summed E-state index contributed by atoms with van der Waals surface area (Å²) in [6.07, 6.45) is 4.34. The van der Waals surface area contributed by atoms with E-state index in [0.717, 1.165) is 37.7 Å². The first-order valence-electron chi connectivity index (χ1n) is 5.34. The largest absolute Gasteiger partial charge is 0.373 e. The molecule has 0 aromatic carbocycles. The number of sulfonamides is 1. The lowest BCUT2D eigenvalue weighted by Gasteiger charge is -2.28. The van der Waals surface area contributed by atoms with Crippen molar-refractivity contribution in [3.05, 3.63) is 12.0 Å². The summed E-state index contributed by atoms with van der Waals surface area (Å²) in [6, 6.07) is 0. The van der Waals surface area contributed by atoms with Crippen LogP contribution in [0.2, 0.25) is 0 Å². The molecule has 1 saturated carbocycles. The minimum atomic E-state index is -3.32. The second kappa shape index (κ2) is 3.88. The lowest BCUT2D eigenvalue weighted by atomic mass is 9.91. The van der Waals surface area contributed by atoms with Crippen molar-refractivity contribution >= 4 is 10.0 Å². The molecule has 2 aliphatic rings. The SMILES string of the molecule is C=CS(=O)(=O)NC[C@]12CCC[C@H]1CCO2. The predicted octanol–water partition coefficient (Wildman–Crippen LogP) is 1.01. The predicted molar refractivity (Wildman–Crippen MR) is 57.8 cm³/mol. The highest BCUT2D eigenvalue weighted by molar-refractivity contribution is 7.92. The minimum absolute atomic E-state index is 0.226. The quantitative estimate of drug-likeness (QED) is 0.785. The molecule has 0 bridgehead atoms. The van der Waals surface area contributed by atoms with Gasteiger partial charge in [0.2, 0.25) is 10.0 Å². The van der Waals surface area contributed by atoms with Crippen LogP contribution in [0.15, 0.2) is 12.0 Å². The summed E-state index contributed by atoms with van der Waals surface area (Å²) >= 11 is 0. The molecule has 1 aliphatic carbocycles. The fraction of sp³-hybridized carbons (Fsp3) is 0.800. The second-order valence-corrected chi connectivity index (χ2v) is 6.04. The lowest BCUT2D eigenvalue weighted by molar-refractivity contribution is -0.00306. The Hall–Kier alpha value is -0.390. The number of hydrogen-bond donors (Lipinski definition) is 1. The molecule has 0 aromatic rings. The number of fused-ring (bicyclic) bond motifs is 1. The summed E-state index contributed by atoms with van der Waals surface area (Å²) in [5.74, 6) is 0.532. The van der Waals surface area contributed by atoms with E-state index in [2.05, 4.69) is 11.3 Å². The van der Waals surface area contributed by atoms with Gasteiger partial charge in [0.05, 0.1) is 5.60 Å². The van der Waals surface area contributed by atoms with Crippen LogP contribution in [0.3, 0.4) is 0 Å². The zero-order valence-electron chi connectivity index (χ0n) is 8.74. The summed E-state index contributed by atoms with van der Waals surface area (Å²) < 4.78 is 30.8. The maximum Gasteiger partial charge on any atom is 0.233 e. The molecular weight excluding hydrogens is 214 g/mol. The summed E-state index contributed by atoms with van der Waals surface area (Å²) in [5.41, 5.74) is -0.226. The molecule has 2 rings (SSSR count). The third-order valence-electron chi connectivity index (χ3n) is 3.54. The first kappa shape index (κ1) is 11.1. The molecule has 0 aromatic heterocycles. The Morgan fingerprint density at radius 2 is 2.33 bits per heavy atom. The van der Waals surface area contributed by atoms with E-state index in [1.165, 1.54) is 0 Å². The molecule has 1 N–H and O–H groups in total. The fourth-order valence-electron chi connectivity index (χ4n) is 2.68. The molecule has 15 heavy (non-hydrogen) atoms. The minimum Gasteiger partial charge on any atom is -0.373 e. The summed E-state index contributed by atoms with van der Waals surface area (Å²) in [6.45, 7) is 4.43. The highest BCUT2D eigenvalue weighted by Crippen LogP contribution is 2.44. The highest BCUT2D eigenvalue weighted by atomic mass is 32.2. The van der Waals surface area contributed by atoms with E-state index < -0.39 is 10.0 Å². The normalized spacial score (nSPS) is 35.3. The zero-order chi connectivity index (χ0) is 10.9. The molecule has 2 atom stereocenters. The van der Waals surface area contributed by atoms with Crippen molar-refractivity contribution in [1.29, 1.82) is 0 Å². The van der Waals surface area contributed by atoms with E-state index in [1.54, 1.807) is 0 Å². The first-order chi connectivity index (χ1) is 7.08. The van der Waals surface area contributed by atoms with Gasteiger partial charge < -0.3 is 4.74 Å². The van der Waals surface area contributed by atoms with Crippen molar-refractivity contribution < 1.29 is 13.2 Å². The Morgan fingerprint density at radius 3 is 3.07 bits per heavy atom. The third kappa shape index (κ3) is 2.09. The first-order valence-corrected chi connectivity index (χ1v) is 6.89. The topological polar surface area (TPSA) is 55.4 Å². The molecule has 0 amide bonds. The molecule has 2 fully saturated rings. The highest BCUT2D eigenvalue weighted by Gasteiger charge is 2.47. The van der Waals surface area contributed by atoms with Gasteiger partial charge in [-0.2, -0.15) is 0 Å². The van der Waals surface area contributed by atoms with Crippen LogP contribution in [0, 0.1) is 5.92 Å². The molecule has 1 saturated heterocycles. The lowest BCUT2D eigenvalue weighted by Crippen LogP contribution is -2.43. The third-order valence-corrected chi connectivity index (χ3v) is 4.53. The van der Waals surface area contributed by atoms with E-state index >= 15 is 0 Å². The van der Waals surface area contributed by atoms with Crippen molar-refractivity contribution in [1.82, 2.24) is 4.72 Å². The second-order valence-electron chi connectivity index (χ2n) is 4.32. The van der Waals surface area contributed by atoms with Crippen LogP contribution in [-0.2, 0) is 14.8 Å². The molecule has 0 radical (unpaired) electrons. The molecule has 0 spiro atoms. The summed E-state index contributed by atoms with van der Waals surface area (Å²) in [5, 5.41) is 0.947. The average Bonchev–Trinajstić information content (AvgIpc) is 2.73. The van der Waals surface area contributed by atoms with Crippen molar-refractivity contribution in [3.63, 3.8) is 0 Å². The maximum atomic E-state index is 11.3. The summed E-state index contributed by atoms with van der Waals surface area (Å²) in [7, 11) is -3.32. The fourth-order valence-corrected chi connectivity index (χ4v) is 3.25. The van der Waals surface area contributed by atoms with Gasteiger partial charge >= 0.3 is 0 Å². The van der Waals surface area contributed by atoms with Crippen molar-refractivity contribution in [2.24, 2.45) is 5.92 Å². The van der Waals surface area contributed by atoms with Gasteiger partial charge in [0.1, 0.15) is 0 Å². The van der Waals surface area contributed by atoms with E-state index in [1.807, 2.05) is 0 Å². The van der Waals surface area contributed by atoms with Crippen molar-refractivity contribution in [3.8, 4) is 0 Å². The smallest absolute Gasteiger partial charge is 0.233 e. The Bertz CT molecular complexity index is 340. The Kier molecular flexibility index (Phi) is 2.87. The molecule has 5 heteroatoms. The maximum absolute atomic E-state index is 11.3. The summed E-state index contributed by atoms with van der Waals surface area (Å²) in [4.78, 5) is 0. The van der Waals surface area contributed by atoms with Gasteiger partial charge in [-0.25, -0.2) is 13.1 Å². The van der Waals surface area contributed by atoms with Gasteiger partial charge in [-0.1, -0.05) is 13.0 Å². The van der Waals surface area contributed by atoms with Gasteiger partial charge in [0, 0.05) is 18.6 Å². The van der Waals surface area contributed by atoms with Gasteiger partial charge in [-0.15, -0.1) is 0 Å². The van der Waals surface area contributed by atoms with E-state index in [4.69, 9.17) is 4.74 Å². The molecule has 0 unspecified atom stereocenters. The number of ether oxygens (including phenoxy) is 1. The molecule has 86 valence electrons. The van der Waals surface area contributed by atoms with E-state index in [9.17, 15) is 8.42 Å². The average molecular weight is 231 g/mol. The Balaban J connectivity index is 2.02. The molecule has 1 aliphatic heterocycles. The van der Waals surface area contributed by atoms with Crippen LogP contribution in [-0.4, -0.2) is 27.2 Å². The van der Waals surface area contributed by atoms with Gasteiger partial charge in [0.15, 0.2) is 0 Å². The number of rotatable bonds is 4. The van der Waals surface area contributed by atoms with Crippen molar-refractivity contribution in [2.45, 2.75) is 31.3 Å². The number of hydrogen-bond acceptors (Lipinski definition) is 3. The van der Waals surface area contributed by atoms with Gasteiger partial charge in [0.25, 0.3) is 0 Å². The monoisotopic (exact) mass is 231 g/mol. The standard InChI is InChI=1S/C10H17NO3S/c1-2-15(12,13)11-8-10-6-3-4-9(10)5-7-14-10/h2,9,11H,1,3-8H2/t9-,10+/m0/s1. The van der Waals surface area contributed by atoms with E-state index in [0.29, 0.717) is 12.5 Å². The van der Waals surface area contributed by atoms with Crippen molar-refractivity contribution in [2.75, 3.05) is 13.2 Å². The van der Waals surface area contributed by atoms with Crippen LogP contribution in [0.25, 0.3) is 0 Å². The Morgan fingerprint density at radius 1 is 1.53 bits per heavy atom. The van der Waals surface area contributed by atoms with Crippen LogP contribution >= 0.6 is 0 Å². The molecule has 1 heterocycles. The zero-order valence-corrected chi connectivity index (χ0v) is 9.55. The van der Waals surface area contributed by atoms with Gasteiger partial charge in [-0.3, -0.25) is 0 Å². The number of nitrogens with one attached hydrogen (secondary N) is 1. The van der Waals surface area contributed by atoms with Gasteiger partial charge in [-0.05, 0) is 25.2 Å². The van der Waals surface area contributed by atoms with Crippen LogP contribution in [0.4, 0.5) is 0 Å². The Labute approximate surface area is 90.7 Å². The van der Waals surface area contributed by atoms with Crippen LogP contribution in [0.1, 0.15) is 25.7 Å². The molecular formula is C10H17NO3S. The van der Waals surface area contributed by atoms with Crippen LogP contribution in [0.5, 0.6) is 0 Å². The van der Waals surface area contributed by atoms with E-state index in [-0.39, 0.29) is 5.60 Å². The van der Waals surface area contributed by atoms with Crippen LogP contribution < -0.4 is 4.72 Å². The molecule has 4 nitrogen and oxygen atoms in total.